The van der Waals surface area contributed by atoms with Gasteiger partial charge < -0.3 is 14.6 Å². The van der Waals surface area contributed by atoms with Gasteiger partial charge in [-0.25, -0.2) is 0 Å². The zero-order valence-corrected chi connectivity index (χ0v) is 11.8. The van der Waals surface area contributed by atoms with Gasteiger partial charge in [0.25, 0.3) is 0 Å². The van der Waals surface area contributed by atoms with Crippen molar-refractivity contribution < 1.29 is 24.2 Å². The third-order valence-electron chi connectivity index (χ3n) is 4.33. The predicted octanol–water partition coefficient (Wildman–Crippen LogP) is 2.17. The Balaban J connectivity index is 1.67. The average molecular weight is 290 g/mol. The number of aliphatic carboxylic acids is 1. The molecule has 5 unspecified atom stereocenters. The molecule has 1 heterocycles. The lowest BCUT2D eigenvalue weighted by molar-refractivity contribution is -0.162. The van der Waals surface area contributed by atoms with Crippen LogP contribution < -0.4 is 0 Å². The molecule has 3 rings (SSSR count). The highest BCUT2D eigenvalue weighted by atomic mass is 16.6. The number of esters is 1. The minimum atomic E-state index is -0.946. The summed E-state index contributed by atoms with van der Waals surface area (Å²) in [6.07, 6.45) is 0.513. The molecule has 1 aliphatic heterocycles. The van der Waals surface area contributed by atoms with Crippen molar-refractivity contribution >= 4 is 11.9 Å². The summed E-state index contributed by atoms with van der Waals surface area (Å²) in [4.78, 5) is 23.6. The molecular formula is C16H18O5. The third-order valence-corrected chi connectivity index (χ3v) is 4.33. The Labute approximate surface area is 122 Å². The van der Waals surface area contributed by atoms with Gasteiger partial charge in [0.1, 0.15) is 6.10 Å². The van der Waals surface area contributed by atoms with E-state index in [4.69, 9.17) is 9.47 Å². The Morgan fingerprint density at radius 3 is 2.43 bits per heavy atom. The van der Waals surface area contributed by atoms with Crippen molar-refractivity contribution in [1.82, 2.24) is 0 Å². The van der Waals surface area contributed by atoms with E-state index in [0.717, 1.165) is 5.56 Å². The fraction of sp³-hybridized carbons (Fsp3) is 0.500. The maximum absolute atomic E-state index is 12.3. The summed E-state index contributed by atoms with van der Waals surface area (Å²) in [5.41, 5.74) is 0.897. The predicted molar refractivity (Wildman–Crippen MR) is 73.5 cm³/mol. The van der Waals surface area contributed by atoms with Gasteiger partial charge in [-0.3, -0.25) is 9.59 Å². The van der Waals surface area contributed by atoms with E-state index < -0.39 is 23.8 Å². The number of epoxide rings is 1. The number of hydrogen-bond acceptors (Lipinski definition) is 4. The van der Waals surface area contributed by atoms with Crippen LogP contribution >= 0.6 is 0 Å². The van der Waals surface area contributed by atoms with Crippen molar-refractivity contribution in [3.8, 4) is 0 Å². The van der Waals surface area contributed by atoms with Gasteiger partial charge >= 0.3 is 11.9 Å². The first kappa shape index (κ1) is 14.1. The van der Waals surface area contributed by atoms with Crippen LogP contribution in [0.2, 0.25) is 0 Å². The summed E-state index contributed by atoms with van der Waals surface area (Å²) in [5.74, 6) is -2.70. The smallest absolute Gasteiger partial charge is 0.310 e. The fourth-order valence-electron chi connectivity index (χ4n) is 3.01. The number of fused-ring (bicyclic) bond motifs is 1. The molecule has 1 aromatic carbocycles. The Kier molecular flexibility index (Phi) is 3.68. The van der Waals surface area contributed by atoms with Crippen molar-refractivity contribution in [1.29, 1.82) is 0 Å². The number of carboxylic acid groups (broad SMARTS) is 1. The molecule has 112 valence electrons. The first-order valence-corrected chi connectivity index (χ1v) is 7.20. The number of carbonyl (C=O) groups excluding carboxylic acids is 1. The second kappa shape index (κ2) is 5.48. The number of hydrogen-bond donors (Lipinski definition) is 1. The molecule has 5 heteroatoms. The van der Waals surface area contributed by atoms with Crippen molar-refractivity contribution in [3.05, 3.63) is 35.9 Å². The molecule has 5 nitrogen and oxygen atoms in total. The standard InChI is InChI=1S/C16H18O5/c1-9(10-5-3-2-4-6-10)20-16(19)12-8-14-13(21-14)7-11(12)15(17)18/h2-6,9,11-14H,7-8H2,1H3,(H,17,18). The van der Waals surface area contributed by atoms with Crippen LogP contribution in [0.1, 0.15) is 31.4 Å². The van der Waals surface area contributed by atoms with Crippen LogP contribution in [0.5, 0.6) is 0 Å². The molecule has 0 radical (unpaired) electrons. The van der Waals surface area contributed by atoms with E-state index in [2.05, 4.69) is 0 Å². The maximum Gasteiger partial charge on any atom is 0.310 e. The minimum absolute atomic E-state index is 0.0155. The van der Waals surface area contributed by atoms with Crippen LogP contribution in [0.4, 0.5) is 0 Å². The van der Waals surface area contributed by atoms with E-state index in [1.54, 1.807) is 6.92 Å². The van der Waals surface area contributed by atoms with E-state index in [9.17, 15) is 14.7 Å². The van der Waals surface area contributed by atoms with E-state index in [-0.39, 0.29) is 18.3 Å². The average Bonchev–Trinajstić information content (AvgIpc) is 3.25. The van der Waals surface area contributed by atoms with Gasteiger partial charge in [0.2, 0.25) is 0 Å². The highest BCUT2D eigenvalue weighted by Crippen LogP contribution is 2.43. The molecule has 2 fully saturated rings. The summed E-state index contributed by atoms with van der Waals surface area (Å²) >= 11 is 0. The second-order valence-electron chi connectivity index (χ2n) is 5.73. The van der Waals surface area contributed by atoms with Crippen LogP contribution in [0, 0.1) is 11.8 Å². The van der Waals surface area contributed by atoms with Crippen LogP contribution in [0.3, 0.4) is 0 Å². The lowest BCUT2D eigenvalue weighted by Crippen LogP contribution is -2.36. The Bertz CT molecular complexity index is 541. The topological polar surface area (TPSA) is 76.1 Å². The number of benzene rings is 1. The molecule has 0 bridgehead atoms. The molecule has 1 aromatic rings. The van der Waals surface area contributed by atoms with Crippen molar-refractivity contribution in [3.63, 3.8) is 0 Å². The number of carboxylic acids is 1. The third kappa shape index (κ3) is 2.93. The zero-order valence-electron chi connectivity index (χ0n) is 11.8. The molecule has 0 amide bonds. The van der Waals surface area contributed by atoms with Gasteiger partial charge in [0.15, 0.2) is 0 Å². The number of ether oxygens (including phenoxy) is 2. The summed E-state index contributed by atoms with van der Waals surface area (Å²) < 4.78 is 10.8. The van der Waals surface area contributed by atoms with Gasteiger partial charge in [-0.1, -0.05) is 30.3 Å². The minimum Gasteiger partial charge on any atom is -0.481 e. The normalized spacial score (nSPS) is 31.9. The monoisotopic (exact) mass is 290 g/mol. The molecule has 0 spiro atoms. The molecule has 1 aliphatic carbocycles. The maximum atomic E-state index is 12.3. The Hall–Kier alpha value is -1.88. The lowest BCUT2D eigenvalue weighted by atomic mass is 9.79. The molecule has 2 aliphatic rings. The van der Waals surface area contributed by atoms with Crippen molar-refractivity contribution in [2.45, 2.75) is 38.1 Å². The summed E-state index contributed by atoms with van der Waals surface area (Å²) in [6, 6.07) is 9.41. The lowest BCUT2D eigenvalue weighted by Gasteiger charge is -2.26. The molecule has 1 saturated carbocycles. The first-order chi connectivity index (χ1) is 10.1. The largest absolute Gasteiger partial charge is 0.481 e. The van der Waals surface area contributed by atoms with Gasteiger partial charge in [0, 0.05) is 0 Å². The van der Waals surface area contributed by atoms with Crippen LogP contribution in [-0.4, -0.2) is 29.3 Å². The van der Waals surface area contributed by atoms with E-state index in [1.165, 1.54) is 0 Å². The molecule has 1 saturated heterocycles. The fourth-order valence-corrected chi connectivity index (χ4v) is 3.01. The molecular weight excluding hydrogens is 272 g/mol. The highest BCUT2D eigenvalue weighted by molar-refractivity contribution is 5.81. The van der Waals surface area contributed by atoms with Gasteiger partial charge in [-0.15, -0.1) is 0 Å². The first-order valence-electron chi connectivity index (χ1n) is 7.20. The molecule has 1 N–H and O–H groups in total. The van der Waals surface area contributed by atoms with Gasteiger partial charge in [-0.05, 0) is 25.3 Å². The van der Waals surface area contributed by atoms with Crippen LogP contribution in [0.25, 0.3) is 0 Å². The van der Waals surface area contributed by atoms with Crippen LogP contribution in [0.15, 0.2) is 30.3 Å². The summed E-state index contributed by atoms with van der Waals surface area (Å²) in [5, 5.41) is 9.28. The Morgan fingerprint density at radius 1 is 1.19 bits per heavy atom. The van der Waals surface area contributed by atoms with Crippen LogP contribution in [-0.2, 0) is 19.1 Å². The van der Waals surface area contributed by atoms with Gasteiger partial charge in [-0.2, -0.15) is 0 Å². The van der Waals surface area contributed by atoms with Gasteiger partial charge in [0.05, 0.1) is 24.0 Å². The summed E-state index contributed by atoms with van der Waals surface area (Å²) in [6.45, 7) is 1.79. The number of rotatable bonds is 4. The van der Waals surface area contributed by atoms with E-state index in [0.29, 0.717) is 12.8 Å². The molecule has 0 aromatic heterocycles. The van der Waals surface area contributed by atoms with E-state index in [1.807, 2.05) is 30.3 Å². The Morgan fingerprint density at radius 2 is 1.81 bits per heavy atom. The quantitative estimate of drug-likeness (QED) is 0.679. The number of carbonyl (C=O) groups is 2. The molecule has 21 heavy (non-hydrogen) atoms. The van der Waals surface area contributed by atoms with Crippen molar-refractivity contribution in [2.24, 2.45) is 11.8 Å². The highest BCUT2D eigenvalue weighted by Gasteiger charge is 2.53. The van der Waals surface area contributed by atoms with E-state index >= 15 is 0 Å². The SMILES string of the molecule is CC(OC(=O)C1CC2OC2CC1C(=O)O)c1ccccc1. The van der Waals surface area contributed by atoms with Crippen molar-refractivity contribution in [2.75, 3.05) is 0 Å². The molecule has 5 atom stereocenters. The second-order valence-corrected chi connectivity index (χ2v) is 5.73. The zero-order chi connectivity index (χ0) is 15.0. The summed E-state index contributed by atoms with van der Waals surface area (Å²) in [7, 11) is 0.